The number of nitrogens with zero attached hydrogens (tertiary/aromatic N) is 2. The average molecular weight is 382 g/mol. The second-order valence-corrected chi connectivity index (χ2v) is 8.21. The molecule has 0 saturated heterocycles. The summed E-state index contributed by atoms with van der Waals surface area (Å²) in [6.07, 6.45) is 6.02. The van der Waals surface area contributed by atoms with Crippen LogP contribution < -0.4 is 5.32 Å². The van der Waals surface area contributed by atoms with E-state index in [1.807, 2.05) is 23.0 Å². The first kappa shape index (κ1) is 19.4. The summed E-state index contributed by atoms with van der Waals surface area (Å²) in [5.74, 6) is 0.713. The lowest BCUT2D eigenvalue weighted by molar-refractivity contribution is -0.121. The van der Waals surface area contributed by atoms with Crippen molar-refractivity contribution in [3.63, 3.8) is 0 Å². The first-order valence-electron chi connectivity index (χ1n) is 9.51. The predicted molar refractivity (Wildman–Crippen MR) is 111 cm³/mol. The van der Waals surface area contributed by atoms with Gasteiger partial charge >= 0.3 is 0 Å². The van der Waals surface area contributed by atoms with Gasteiger partial charge in [0.2, 0.25) is 5.91 Å². The third-order valence-electron chi connectivity index (χ3n) is 4.44. The number of aromatic nitrogens is 2. The van der Waals surface area contributed by atoms with Gasteiger partial charge in [-0.3, -0.25) is 9.48 Å². The van der Waals surface area contributed by atoms with Crippen molar-refractivity contribution in [2.75, 3.05) is 0 Å². The average Bonchev–Trinajstić information content (AvgIpc) is 3.34. The van der Waals surface area contributed by atoms with Crippen LogP contribution in [0.5, 0.6) is 0 Å². The maximum absolute atomic E-state index is 12.5. The van der Waals surface area contributed by atoms with Gasteiger partial charge in [0, 0.05) is 30.2 Å². The van der Waals surface area contributed by atoms with Crippen molar-refractivity contribution in [1.29, 1.82) is 0 Å². The molecule has 0 spiro atoms. The highest BCUT2D eigenvalue weighted by Gasteiger charge is 2.18. The maximum Gasteiger partial charge on any atom is 0.220 e. The Hall–Kier alpha value is -2.40. The highest BCUT2D eigenvalue weighted by atomic mass is 32.1. The smallest absolute Gasteiger partial charge is 0.220 e. The molecule has 3 rings (SSSR count). The highest BCUT2D eigenvalue weighted by molar-refractivity contribution is 7.10. The molecule has 1 atom stereocenters. The SMILES string of the molecule is CC(C)Cc1ccc(C(NC(=O)CCCn2cccn2)c2cccs2)cc1. The van der Waals surface area contributed by atoms with E-state index >= 15 is 0 Å². The van der Waals surface area contributed by atoms with Gasteiger partial charge in [-0.2, -0.15) is 5.10 Å². The first-order chi connectivity index (χ1) is 13.1. The van der Waals surface area contributed by atoms with E-state index in [0.717, 1.165) is 29.8 Å². The second kappa shape index (κ2) is 9.51. The number of hydrogen-bond acceptors (Lipinski definition) is 3. The molecule has 3 aromatic rings. The minimum atomic E-state index is -0.0877. The summed E-state index contributed by atoms with van der Waals surface area (Å²) in [4.78, 5) is 13.7. The van der Waals surface area contributed by atoms with E-state index in [1.54, 1.807) is 17.5 Å². The van der Waals surface area contributed by atoms with E-state index in [-0.39, 0.29) is 11.9 Å². The van der Waals surface area contributed by atoms with E-state index in [9.17, 15) is 4.79 Å². The number of carbonyl (C=O) groups is 1. The Morgan fingerprint density at radius 2 is 2.00 bits per heavy atom. The van der Waals surface area contributed by atoms with Crippen molar-refractivity contribution >= 4 is 17.2 Å². The molecule has 0 saturated carbocycles. The Morgan fingerprint density at radius 3 is 2.63 bits per heavy atom. The molecule has 27 heavy (non-hydrogen) atoms. The monoisotopic (exact) mass is 381 g/mol. The Morgan fingerprint density at radius 1 is 1.19 bits per heavy atom. The van der Waals surface area contributed by atoms with E-state index in [1.165, 1.54) is 5.56 Å². The lowest BCUT2D eigenvalue weighted by atomic mass is 9.98. The number of hydrogen-bond donors (Lipinski definition) is 1. The Labute approximate surface area is 165 Å². The molecular weight excluding hydrogens is 354 g/mol. The van der Waals surface area contributed by atoms with Crippen molar-refractivity contribution in [3.05, 3.63) is 76.2 Å². The quantitative estimate of drug-likeness (QED) is 0.577. The van der Waals surface area contributed by atoms with Crippen LogP contribution in [0, 0.1) is 5.92 Å². The molecule has 0 aliphatic carbocycles. The second-order valence-electron chi connectivity index (χ2n) is 7.23. The number of aryl methyl sites for hydroxylation is 1. The van der Waals surface area contributed by atoms with Gasteiger partial charge in [-0.05, 0) is 47.4 Å². The van der Waals surface area contributed by atoms with Crippen molar-refractivity contribution in [1.82, 2.24) is 15.1 Å². The van der Waals surface area contributed by atoms with Gasteiger partial charge in [-0.15, -0.1) is 11.3 Å². The van der Waals surface area contributed by atoms with Crippen LogP contribution in [-0.4, -0.2) is 15.7 Å². The van der Waals surface area contributed by atoms with Crippen molar-refractivity contribution in [2.24, 2.45) is 5.92 Å². The number of nitrogens with one attached hydrogen (secondary N) is 1. The summed E-state index contributed by atoms with van der Waals surface area (Å²) >= 11 is 1.68. The van der Waals surface area contributed by atoms with Crippen molar-refractivity contribution in [3.8, 4) is 0 Å². The van der Waals surface area contributed by atoms with Crippen LogP contribution in [0.2, 0.25) is 0 Å². The fourth-order valence-electron chi connectivity index (χ4n) is 3.16. The van der Waals surface area contributed by atoms with E-state index in [2.05, 4.69) is 60.0 Å². The largest absolute Gasteiger partial charge is 0.344 e. The Balaban J connectivity index is 1.64. The number of amides is 1. The van der Waals surface area contributed by atoms with E-state index in [4.69, 9.17) is 0 Å². The predicted octanol–water partition coefficient (Wildman–Crippen LogP) is 4.83. The van der Waals surface area contributed by atoms with E-state index in [0.29, 0.717) is 12.3 Å². The number of thiophene rings is 1. The van der Waals surface area contributed by atoms with Gasteiger partial charge in [-0.25, -0.2) is 0 Å². The van der Waals surface area contributed by atoms with Gasteiger partial charge in [0.05, 0.1) is 6.04 Å². The molecule has 2 heterocycles. The van der Waals surface area contributed by atoms with Gasteiger partial charge < -0.3 is 5.32 Å². The minimum Gasteiger partial charge on any atom is -0.344 e. The molecule has 1 N–H and O–H groups in total. The number of rotatable bonds is 9. The lowest BCUT2D eigenvalue weighted by Gasteiger charge is -2.19. The maximum atomic E-state index is 12.5. The topological polar surface area (TPSA) is 46.9 Å². The van der Waals surface area contributed by atoms with Gasteiger partial charge in [-0.1, -0.05) is 44.2 Å². The van der Waals surface area contributed by atoms with Crippen LogP contribution in [0.1, 0.15) is 48.7 Å². The van der Waals surface area contributed by atoms with Crippen LogP contribution in [0.25, 0.3) is 0 Å². The summed E-state index contributed by atoms with van der Waals surface area (Å²) in [5.41, 5.74) is 2.47. The molecule has 1 aromatic carbocycles. The fraction of sp³-hybridized carbons (Fsp3) is 0.364. The molecule has 1 unspecified atom stereocenters. The van der Waals surface area contributed by atoms with Crippen LogP contribution in [0.15, 0.2) is 60.2 Å². The lowest BCUT2D eigenvalue weighted by Crippen LogP contribution is -2.28. The summed E-state index contributed by atoms with van der Waals surface area (Å²) in [5, 5.41) is 9.45. The molecule has 0 fully saturated rings. The van der Waals surface area contributed by atoms with Gasteiger partial charge in [0.15, 0.2) is 0 Å². The molecule has 4 nitrogen and oxygen atoms in total. The molecule has 0 aliphatic rings. The molecule has 5 heteroatoms. The van der Waals surface area contributed by atoms with Crippen LogP contribution in [0.3, 0.4) is 0 Å². The molecule has 142 valence electrons. The Kier molecular flexibility index (Phi) is 6.82. The van der Waals surface area contributed by atoms with Crippen LogP contribution in [-0.2, 0) is 17.8 Å². The third kappa shape index (κ3) is 5.79. The van der Waals surface area contributed by atoms with Gasteiger partial charge in [0.25, 0.3) is 0 Å². The Bertz CT molecular complexity index is 808. The first-order valence-corrected chi connectivity index (χ1v) is 10.4. The van der Waals surface area contributed by atoms with E-state index < -0.39 is 0 Å². The molecule has 0 radical (unpaired) electrons. The molecular formula is C22H27N3OS. The number of carbonyl (C=O) groups excluding carboxylic acids is 1. The number of benzene rings is 1. The molecule has 0 aliphatic heterocycles. The molecule has 0 bridgehead atoms. The zero-order valence-corrected chi connectivity index (χ0v) is 16.8. The zero-order chi connectivity index (χ0) is 19.1. The van der Waals surface area contributed by atoms with Crippen molar-refractivity contribution < 1.29 is 4.79 Å². The summed E-state index contributed by atoms with van der Waals surface area (Å²) in [6.45, 7) is 5.21. The summed E-state index contributed by atoms with van der Waals surface area (Å²) in [7, 11) is 0. The normalized spacial score (nSPS) is 12.3. The van der Waals surface area contributed by atoms with Crippen molar-refractivity contribution in [2.45, 2.75) is 45.7 Å². The molecule has 1 amide bonds. The third-order valence-corrected chi connectivity index (χ3v) is 5.38. The highest BCUT2D eigenvalue weighted by Crippen LogP contribution is 2.27. The summed E-state index contributed by atoms with van der Waals surface area (Å²) in [6, 6.07) is 14.6. The van der Waals surface area contributed by atoms with Crippen LogP contribution >= 0.6 is 11.3 Å². The molecule has 2 aromatic heterocycles. The van der Waals surface area contributed by atoms with Crippen LogP contribution in [0.4, 0.5) is 0 Å². The fourth-order valence-corrected chi connectivity index (χ4v) is 3.96. The van der Waals surface area contributed by atoms with Gasteiger partial charge in [0.1, 0.15) is 0 Å². The summed E-state index contributed by atoms with van der Waals surface area (Å²) < 4.78 is 1.86. The zero-order valence-electron chi connectivity index (χ0n) is 16.0. The minimum absolute atomic E-state index is 0.0758. The standard InChI is InChI=1S/C22H27N3OS/c1-17(2)16-18-8-10-19(11-9-18)22(20-6-4-15-27-20)24-21(26)7-3-13-25-14-5-12-23-25/h4-6,8-12,14-15,17,22H,3,7,13,16H2,1-2H3,(H,24,26).